The molecule has 0 bridgehead atoms. The minimum absolute atomic E-state index is 0.240. The molecular formula is C16H35N3. The summed E-state index contributed by atoms with van der Waals surface area (Å²) in [6.45, 7) is 11.4. The quantitative estimate of drug-likeness (QED) is 0.770. The highest BCUT2D eigenvalue weighted by Crippen LogP contribution is 2.41. The van der Waals surface area contributed by atoms with Gasteiger partial charge in [0, 0.05) is 25.2 Å². The lowest BCUT2D eigenvalue weighted by molar-refractivity contribution is -0.0138. The molecule has 1 aliphatic rings. The summed E-state index contributed by atoms with van der Waals surface area (Å²) in [7, 11) is 4.32. The van der Waals surface area contributed by atoms with E-state index >= 15 is 0 Å². The Kier molecular flexibility index (Phi) is 6.78. The van der Waals surface area contributed by atoms with Gasteiger partial charge in [0.05, 0.1) is 0 Å². The van der Waals surface area contributed by atoms with Crippen molar-refractivity contribution >= 4 is 0 Å². The van der Waals surface area contributed by atoms with Crippen LogP contribution >= 0.6 is 0 Å². The fourth-order valence-electron chi connectivity index (χ4n) is 3.75. The summed E-state index contributed by atoms with van der Waals surface area (Å²) in [5, 5.41) is 0. The SMILES string of the molecule is CCCN(CCN(C)C)C1(CN)CCCC(C)C1C. The van der Waals surface area contributed by atoms with Gasteiger partial charge in [-0.1, -0.05) is 33.6 Å². The van der Waals surface area contributed by atoms with Crippen LogP contribution in [0, 0.1) is 11.8 Å². The third-order valence-corrected chi connectivity index (χ3v) is 5.26. The average molecular weight is 269 g/mol. The molecule has 0 aliphatic heterocycles. The van der Waals surface area contributed by atoms with Gasteiger partial charge in [0.1, 0.15) is 0 Å². The highest BCUT2D eigenvalue weighted by Gasteiger charge is 2.44. The minimum Gasteiger partial charge on any atom is -0.329 e. The molecule has 0 aromatic heterocycles. The summed E-state index contributed by atoms with van der Waals surface area (Å²) < 4.78 is 0. The van der Waals surface area contributed by atoms with E-state index in [1.54, 1.807) is 0 Å². The van der Waals surface area contributed by atoms with E-state index in [0.29, 0.717) is 5.92 Å². The van der Waals surface area contributed by atoms with Gasteiger partial charge < -0.3 is 10.6 Å². The molecule has 19 heavy (non-hydrogen) atoms. The Morgan fingerprint density at radius 1 is 1.16 bits per heavy atom. The molecular weight excluding hydrogens is 234 g/mol. The van der Waals surface area contributed by atoms with Gasteiger partial charge in [-0.25, -0.2) is 0 Å². The van der Waals surface area contributed by atoms with Crippen LogP contribution in [-0.2, 0) is 0 Å². The van der Waals surface area contributed by atoms with E-state index < -0.39 is 0 Å². The first-order valence-electron chi connectivity index (χ1n) is 8.07. The van der Waals surface area contributed by atoms with Gasteiger partial charge in [0.25, 0.3) is 0 Å². The topological polar surface area (TPSA) is 32.5 Å². The van der Waals surface area contributed by atoms with Crippen LogP contribution < -0.4 is 5.73 Å². The summed E-state index contributed by atoms with van der Waals surface area (Å²) in [5.74, 6) is 1.51. The fraction of sp³-hybridized carbons (Fsp3) is 1.00. The maximum atomic E-state index is 6.27. The van der Waals surface area contributed by atoms with Crippen LogP contribution in [0.2, 0.25) is 0 Å². The van der Waals surface area contributed by atoms with E-state index in [1.807, 2.05) is 0 Å². The maximum Gasteiger partial charge on any atom is 0.0360 e. The molecule has 0 saturated heterocycles. The van der Waals surface area contributed by atoms with Crippen LogP contribution in [0.25, 0.3) is 0 Å². The molecule has 0 amide bonds. The molecule has 0 radical (unpaired) electrons. The summed E-state index contributed by atoms with van der Waals surface area (Å²) >= 11 is 0. The molecule has 1 aliphatic carbocycles. The van der Waals surface area contributed by atoms with Gasteiger partial charge in [0.2, 0.25) is 0 Å². The van der Waals surface area contributed by atoms with E-state index in [0.717, 1.165) is 25.6 Å². The molecule has 3 heteroatoms. The summed E-state index contributed by atoms with van der Waals surface area (Å²) in [4.78, 5) is 4.98. The fourth-order valence-corrected chi connectivity index (χ4v) is 3.75. The van der Waals surface area contributed by atoms with Crippen LogP contribution in [0.1, 0.15) is 46.5 Å². The lowest BCUT2D eigenvalue weighted by Gasteiger charge is -2.52. The van der Waals surface area contributed by atoms with Crippen molar-refractivity contribution in [3.05, 3.63) is 0 Å². The second-order valence-electron chi connectivity index (χ2n) is 6.76. The number of rotatable bonds is 7. The molecule has 3 unspecified atom stereocenters. The Morgan fingerprint density at radius 3 is 2.37 bits per heavy atom. The molecule has 3 atom stereocenters. The predicted octanol–water partition coefficient (Wildman–Crippen LogP) is 2.41. The largest absolute Gasteiger partial charge is 0.329 e. The standard InChI is InChI=1S/C16H35N3/c1-6-10-19(12-11-18(4)5)16(13-17)9-7-8-14(2)15(16)3/h14-15H,6-13,17H2,1-5H3. The lowest BCUT2D eigenvalue weighted by atomic mass is 9.67. The van der Waals surface area contributed by atoms with E-state index in [-0.39, 0.29) is 5.54 Å². The van der Waals surface area contributed by atoms with Crippen molar-refractivity contribution in [3.8, 4) is 0 Å². The van der Waals surface area contributed by atoms with Crippen LogP contribution in [0.15, 0.2) is 0 Å². The first-order valence-corrected chi connectivity index (χ1v) is 8.07. The van der Waals surface area contributed by atoms with E-state index in [9.17, 15) is 0 Å². The molecule has 1 saturated carbocycles. The molecule has 0 heterocycles. The molecule has 0 aromatic carbocycles. The third-order valence-electron chi connectivity index (χ3n) is 5.26. The second-order valence-corrected chi connectivity index (χ2v) is 6.76. The smallest absolute Gasteiger partial charge is 0.0360 e. The number of hydrogen-bond acceptors (Lipinski definition) is 3. The van der Waals surface area contributed by atoms with Gasteiger partial charge >= 0.3 is 0 Å². The highest BCUT2D eigenvalue weighted by atomic mass is 15.2. The van der Waals surface area contributed by atoms with Crippen molar-refractivity contribution in [2.75, 3.05) is 40.3 Å². The Morgan fingerprint density at radius 2 is 1.84 bits per heavy atom. The first-order chi connectivity index (χ1) is 8.97. The minimum atomic E-state index is 0.240. The Hall–Kier alpha value is -0.120. The molecule has 0 aromatic rings. The number of hydrogen-bond donors (Lipinski definition) is 1. The van der Waals surface area contributed by atoms with Crippen LogP contribution in [-0.4, -0.2) is 55.6 Å². The van der Waals surface area contributed by atoms with E-state index in [1.165, 1.54) is 32.2 Å². The summed E-state index contributed by atoms with van der Waals surface area (Å²) in [6.07, 6.45) is 5.21. The maximum absolute atomic E-state index is 6.27. The molecule has 2 N–H and O–H groups in total. The van der Waals surface area contributed by atoms with Crippen LogP contribution in [0.5, 0.6) is 0 Å². The molecule has 0 spiro atoms. The monoisotopic (exact) mass is 269 g/mol. The van der Waals surface area contributed by atoms with Crippen LogP contribution in [0.3, 0.4) is 0 Å². The van der Waals surface area contributed by atoms with Crippen molar-refractivity contribution in [1.82, 2.24) is 9.80 Å². The summed E-state index contributed by atoms with van der Waals surface area (Å²) in [6, 6.07) is 0. The van der Waals surface area contributed by atoms with E-state index in [2.05, 4.69) is 44.7 Å². The first kappa shape index (κ1) is 16.9. The second kappa shape index (κ2) is 7.61. The molecule has 1 rings (SSSR count). The average Bonchev–Trinajstić information content (AvgIpc) is 2.38. The van der Waals surface area contributed by atoms with Crippen molar-refractivity contribution in [3.63, 3.8) is 0 Å². The Balaban J connectivity index is 2.86. The zero-order chi connectivity index (χ0) is 14.5. The molecule has 1 fully saturated rings. The van der Waals surface area contributed by atoms with Gasteiger partial charge in [-0.2, -0.15) is 0 Å². The van der Waals surface area contributed by atoms with Gasteiger partial charge in [-0.3, -0.25) is 4.90 Å². The van der Waals surface area contributed by atoms with Crippen molar-refractivity contribution in [2.45, 2.75) is 52.0 Å². The summed E-state index contributed by atoms with van der Waals surface area (Å²) in [5.41, 5.74) is 6.51. The van der Waals surface area contributed by atoms with Gasteiger partial charge in [0.15, 0.2) is 0 Å². The highest BCUT2D eigenvalue weighted by molar-refractivity contribution is 5.00. The van der Waals surface area contributed by atoms with Gasteiger partial charge in [-0.05, 0) is 45.3 Å². The number of nitrogens with zero attached hydrogens (tertiary/aromatic N) is 2. The lowest BCUT2D eigenvalue weighted by Crippen LogP contribution is -2.62. The Bertz CT molecular complexity index is 254. The molecule has 3 nitrogen and oxygen atoms in total. The van der Waals surface area contributed by atoms with Crippen molar-refractivity contribution in [1.29, 1.82) is 0 Å². The van der Waals surface area contributed by atoms with E-state index in [4.69, 9.17) is 5.73 Å². The third kappa shape index (κ3) is 3.93. The Labute approximate surface area is 120 Å². The zero-order valence-corrected chi connectivity index (χ0v) is 13.8. The van der Waals surface area contributed by atoms with Gasteiger partial charge in [-0.15, -0.1) is 0 Å². The number of nitrogens with two attached hydrogens (primary N) is 1. The predicted molar refractivity (Wildman–Crippen MR) is 84.4 cm³/mol. The number of likely N-dealkylation sites (N-methyl/N-ethyl adjacent to an activating group) is 1. The van der Waals surface area contributed by atoms with Crippen molar-refractivity contribution in [2.24, 2.45) is 17.6 Å². The normalized spacial score (nSPS) is 32.2. The van der Waals surface area contributed by atoms with Crippen molar-refractivity contribution < 1.29 is 0 Å². The zero-order valence-electron chi connectivity index (χ0n) is 13.8. The molecule has 114 valence electrons. The van der Waals surface area contributed by atoms with Crippen LogP contribution in [0.4, 0.5) is 0 Å².